The van der Waals surface area contributed by atoms with Gasteiger partial charge in [-0.3, -0.25) is 0 Å². The second-order valence-corrected chi connectivity index (χ2v) is 3.12. The molecule has 0 unspecified atom stereocenters. The molecule has 0 fully saturated rings. The maximum absolute atomic E-state index is 10.3. The molecule has 76 valence electrons. The van der Waals surface area contributed by atoms with E-state index in [1.165, 1.54) is 0 Å². The van der Waals surface area contributed by atoms with Gasteiger partial charge in [-0.2, -0.15) is 15.0 Å². The highest BCUT2D eigenvalue weighted by atomic mass is 16.3. The molecule has 1 heterocycles. The molecule has 7 nitrogen and oxygen atoms in total. The maximum Gasteiger partial charge on any atom is 0.297 e. The van der Waals surface area contributed by atoms with Crippen LogP contribution in [-0.2, 0) is 0 Å². The van der Waals surface area contributed by atoms with Crippen LogP contribution in [0.25, 0.3) is 0 Å². The molecule has 0 bridgehead atoms. The van der Waals surface area contributed by atoms with E-state index in [-0.39, 0.29) is 5.95 Å². The Labute approximate surface area is 81.8 Å². The lowest BCUT2D eigenvalue weighted by atomic mass is 10.7. The zero-order valence-electron chi connectivity index (χ0n) is 8.59. The first-order valence-corrected chi connectivity index (χ1v) is 3.98. The van der Waals surface area contributed by atoms with Crippen molar-refractivity contribution >= 4 is 17.8 Å². The first-order valence-electron chi connectivity index (χ1n) is 3.98. The molecule has 0 saturated carbocycles. The van der Waals surface area contributed by atoms with E-state index in [0.717, 1.165) is 0 Å². The highest BCUT2D eigenvalue weighted by molar-refractivity contribution is 5.41. The Balaban J connectivity index is 3.20. The lowest BCUT2D eigenvalue weighted by Crippen LogP contribution is -2.18. The van der Waals surface area contributed by atoms with Crippen molar-refractivity contribution in [3.63, 3.8) is 0 Å². The summed E-state index contributed by atoms with van der Waals surface area (Å²) in [6, 6.07) is 0. The molecular formula is C7H12N6O. The van der Waals surface area contributed by atoms with Crippen LogP contribution >= 0.6 is 0 Å². The number of nitroso groups, excluding NO2 is 1. The summed E-state index contributed by atoms with van der Waals surface area (Å²) in [7, 11) is 7.12. The van der Waals surface area contributed by atoms with Gasteiger partial charge in [-0.15, -0.1) is 4.91 Å². The zero-order chi connectivity index (χ0) is 10.7. The minimum atomic E-state index is -0.104. The van der Waals surface area contributed by atoms with Gasteiger partial charge < -0.3 is 9.80 Å². The standard InChI is InChI=1S/C7H12N6O/c1-12(2)6-8-5(11-14)9-7(10-6)13(3)4/h1-4H3. The summed E-state index contributed by atoms with van der Waals surface area (Å²) in [5.41, 5.74) is 0. The molecule has 0 spiro atoms. The molecular weight excluding hydrogens is 184 g/mol. The smallest absolute Gasteiger partial charge is 0.297 e. The van der Waals surface area contributed by atoms with E-state index in [0.29, 0.717) is 11.9 Å². The molecule has 0 N–H and O–H groups in total. The number of hydrogen-bond donors (Lipinski definition) is 0. The van der Waals surface area contributed by atoms with Gasteiger partial charge in [0.05, 0.1) is 0 Å². The van der Waals surface area contributed by atoms with Crippen LogP contribution in [0.2, 0.25) is 0 Å². The van der Waals surface area contributed by atoms with Gasteiger partial charge in [-0.05, 0) is 0 Å². The number of aromatic nitrogens is 3. The summed E-state index contributed by atoms with van der Waals surface area (Å²) < 4.78 is 0. The van der Waals surface area contributed by atoms with Crippen LogP contribution in [0.5, 0.6) is 0 Å². The van der Waals surface area contributed by atoms with E-state index in [1.54, 1.807) is 38.0 Å². The number of hydrogen-bond acceptors (Lipinski definition) is 7. The second-order valence-electron chi connectivity index (χ2n) is 3.12. The summed E-state index contributed by atoms with van der Waals surface area (Å²) in [4.78, 5) is 25.5. The van der Waals surface area contributed by atoms with Gasteiger partial charge in [0.1, 0.15) is 0 Å². The van der Waals surface area contributed by atoms with Gasteiger partial charge in [-0.25, -0.2) is 0 Å². The monoisotopic (exact) mass is 196 g/mol. The molecule has 0 aliphatic heterocycles. The Morgan fingerprint density at radius 2 is 1.36 bits per heavy atom. The highest BCUT2D eigenvalue weighted by Gasteiger charge is 2.09. The van der Waals surface area contributed by atoms with Gasteiger partial charge in [-0.1, -0.05) is 0 Å². The fourth-order valence-corrected chi connectivity index (χ4v) is 0.784. The average Bonchev–Trinajstić information content (AvgIpc) is 2.16. The second kappa shape index (κ2) is 3.95. The molecule has 0 aliphatic rings. The minimum Gasteiger partial charge on any atom is -0.347 e. The van der Waals surface area contributed by atoms with Crippen LogP contribution < -0.4 is 9.80 Å². The lowest BCUT2D eigenvalue weighted by molar-refractivity contribution is 0.912. The van der Waals surface area contributed by atoms with E-state index in [2.05, 4.69) is 20.1 Å². The molecule has 0 saturated heterocycles. The van der Waals surface area contributed by atoms with Crippen molar-refractivity contribution in [1.29, 1.82) is 0 Å². The van der Waals surface area contributed by atoms with Crippen LogP contribution in [0.4, 0.5) is 17.8 Å². The van der Waals surface area contributed by atoms with E-state index in [9.17, 15) is 4.91 Å². The SMILES string of the molecule is CN(C)c1nc(N=O)nc(N(C)C)n1. The fraction of sp³-hybridized carbons (Fsp3) is 0.571. The number of nitrogens with zero attached hydrogens (tertiary/aromatic N) is 6. The van der Waals surface area contributed by atoms with E-state index < -0.39 is 0 Å². The summed E-state index contributed by atoms with van der Waals surface area (Å²) in [5.74, 6) is 0.726. The van der Waals surface area contributed by atoms with Crippen LogP contribution in [0, 0.1) is 4.91 Å². The highest BCUT2D eigenvalue weighted by Crippen LogP contribution is 2.14. The van der Waals surface area contributed by atoms with Crippen molar-refractivity contribution in [2.45, 2.75) is 0 Å². The molecule has 1 aromatic heterocycles. The third-order valence-electron chi connectivity index (χ3n) is 1.48. The Bertz CT molecular complexity index is 311. The van der Waals surface area contributed by atoms with Crippen LogP contribution in [0.15, 0.2) is 5.18 Å². The minimum absolute atomic E-state index is 0.104. The van der Waals surface area contributed by atoms with Crippen molar-refractivity contribution in [3.8, 4) is 0 Å². The quantitative estimate of drug-likeness (QED) is 0.651. The van der Waals surface area contributed by atoms with Gasteiger partial charge in [0.15, 0.2) is 0 Å². The Kier molecular flexibility index (Phi) is 2.90. The van der Waals surface area contributed by atoms with Gasteiger partial charge in [0.2, 0.25) is 11.9 Å². The Hall–Kier alpha value is -1.79. The Morgan fingerprint density at radius 1 is 0.929 bits per heavy atom. The van der Waals surface area contributed by atoms with Gasteiger partial charge in [0.25, 0.3) is 5.95 Å². The maximum atomic E-state index is 10.3. The molecule has 7 heteroatoms. The van der Waals surface area contributed by atoms with Gasteiger partial charge in [0, 0.05) is 33.4 Å². The predicted molar refractivity (Wildman–Crippen MR) is 53.9 cm³/mol. The molecule has 1 rings (SSSR count). The number of anilines is 2. The predicted octanol–water partition coefficient (Wildman–Crippen LogP) is 0.401. The number of rotatable bonds is 3. The van der Waals surface area contributed by atoms with E-state index in [1.807, 2.05) is 0 Å². The molecule has 14 heavy (non-hydrogen) atoms. The lowest BCUT2D eigenvalue weighted by Gasteiger charge is -2.14. The zero-order valence-corrected chi connectivity index (χ0v) is 8.59. The van der Waals surface area contributed by atoms with Crippen LogP contribution in [-0.4, -0.2) is 43.1 Å². The summed E-state index contributed by atoms with van der Waals surface area (Å²) in [6.07, 6.45) is 0. The molecule has 0 atom stereocenters. The fourth-order valence-electron chi connectivity index (χ4n) is 0.784. The third kappa shape index (κ3) is 2.12. The first-order chi connectivity index (χ1) is 6.54. The van der Waals surface area contributed by atoms with Crippen molar-refractivity contribution < 1.29 is 0 Å². The third-order valence-corrected chi connectivity index (χ3v) is 1.48. The Morgan fingerprint density at radius 3 is 1.64 bits per heavy atom. The van der Waals surface area contributed by atoms with Crippen LogP contribution in [0.1, 0.15) is 0 Å². The van der Waals surface area contributed by atoms with Crippen molar-refractivity contribution in [2.24, 2.45) is 5.18 Å². The van der Waals surface area contributed by atoms with Crippen molar-refractivity contribution in [2.75, 3.05) is 38.0 Å². The molecule has 1 aromatic rings. The molecule has 0 radical (unpaired) electrons. The summed E-state index contributed by atoms with van der Waals surface area (Å²) in [5, 5.41) is 2.69. The molecule has 0 aromatic carbocycles. The van der Waals surface area contributed by atoms with E-state index >= 15 is 0 Å². The first kappa shape index (κ1) is 10.3. The largest absolute Gasteiger partial charge is 0.347 e. The van der Waals surface area contributed by atoms with Gasteiger partial charge >= 0.3 is 0 Å². The van der Waals surface area contributed by atoms with E-state index in [4.69, 9.17) is 0 Å². The molecule has 0 amide bonds. The topological polar surface area (TPSA) is 74.6 Å². The normalized spacial score (nSPS) is 9.71. The van der Waals surface area contributed by atoms with Crippen molar-refractivity contribution in [1.82, 2.24) is 15.0 Å². The summed E-state index contributed by atoms with van der Waals surface area (Å²) in [6.45, 7) is 0. The van der Waals surface area contributed by atoms with Crippen molar-refractivity contribution in [3.05, 3.63) is 4.91 Å². The van der Waals surface area contributed by atoms with Crippen LogP contribution in [0.3, 0.4) is 0 Å². The summed E-state index contributed by atoms with van der Waals surface area (Å²) >= 11 is 0. The average molecular weight is 196 g/mol. The molecule has 0 aliphatic carbocycles.